The van der Waals surface area contributed by atoms with E-state index in [4.69, 9.17) is 38.7 Å². The van der Waals surface area contributed by atoms with Crippen LogP contribution in [-0.2, 0) is 33.6 Å². The number of benzene rings is 3. The van der Waals surface area contributed by atoms with E-state index in [1.165, 1.54) is 12.1 Å². The van der Waals surface area contributed by atoms with Gasteiger partial charge in [-0.2, -0.15) is 0 Å². The van der Waals surface area contributed by atoms with Gasteiger partial charge in [0.15, 0.2) is 0 Å². The van der Waals surface area contributed by atoms with Crippen molar-refractivity contribution in [1.29, 1.82) is 0 Å². The summed E-state index contributed by atoms with van der Waals surface area (Å²) in [6.45, 7) is 10.7. The van der Waals surface area contributed by atoms with Crippen molar-refractivity contribution in [2.24, 2.45) is 5.92 Å². The summed E-state index contributed by atoms with van der Waals surface area (Å²) in [5.41, 5.74) is 4.74. The van der Waals surface area contributed by atoms with Crippen LogP contribution in [0.15, 0.2) is 84.5 Å². The zero-order valence-corrected chi connectivity index (χ0v) is 31.9. The second-order valence-electron chi connectivity index (χ2n) is 13.6. The Morgan fingerprint density at radius 3 is 2.08 bits per heavy atom. The molecule has 6 unspecified atom stereocenters. The fourth-order valence-corrected chi connectivity index (χ4v) is 10.0. The molecule has 0 N–H and O–H groups in total. The lowest BCUT2D eigenvalue weighted by molar-refractivity contribution is 0.0501. The predicted molar refractivity (Wildman–Crippen MR) is 197 cm³/mol. The number of allylic oxidation sites excluding steroid dienone is 3. The van der Waals surface area contributed by atoms with E-state index in [0.29, 0.717) is 35.4 Å². The van der Waals surface area contributed by atoms with Crippen molar-refractivity contribution in [3.63, 3.8) is 0 Å². The van der Waals surface area contributed by atoms with Crippen molar-refractivity contribution in [2.75, 3.05) is 13.2 Å². The van der Waals surface area contributed by atoms with Gasteiger partial charge in [0.05, 0.1) is 25.4 Å². The minimum absolute atomic E-state index is 0.0353. The van der Waals surface area contributed by atoms with E-state index in [2.05, 4.69) is 26.5 Å². The lowest BCUT2D eigenvalue weighted by Gasteiger charge is -2.35. The Bertz CT molecular complexity index is 1760. The van der Waals surface area contributed by atoms with E-state index in [1.807, 2.05) is 31.2 Å². The first-order valence-corrected chi connectivity index (χ1v) is 21.0. The third kappa shape index (κ3) is 9.44. The first kappa shape index (κ1) is 38.0. The molecule has 2 saturated heterocycles. The van der Waals surface area contributed by atoms with Gasteiger partial charge in [0.1, 0.15) is 17.3 Å². The van der Waals surface area contributed by atoms with E-state index in [1.54, 1.807) is 24.3 Å². The third-order valence-electron chi connectivity index (χ3n) is 9.58. The summed E-state index contributed by atoms with van der Waals surface area (Å²) >= 11 is 6.28. The summed E-state index contributed by atoms with van der Waals surface area (Å²) in [5.74, 6) is -0.346. The van der Waals surface area contributed by atoms with Crippen LogP contribution in [0.3, 0.4) is 0 Å². The molecule has 3 aromatic carbocycles. The summed E-state index contributed by atoms with van der Waals surface area (Å²) in [6.07, 6.45) is 6.88. The van der Waals surface area contributed by atoms with Crippen LogP contribution in [0.5, 0.6) is 11.5 Å². The second-order valence-corrected chi connectivity index (χ2v) is 17.1. The highest BCUT2D eigenvalue weighted by atomic mass is 35.5. The van der Waals surface area contributed by atoms with Gasteiger partial charge >= 0.3 is 15.6 Å². The van der Waals surface area contributed by atoms with Crippen LogP contribution in [0.4, 0.5) is 4.39 Å². The Morgan fingerprint density at radius 2 is 1.51 bits per heavy atom. The Labute approximate surface area is 305 Å². The van der Waals surface area contributed by atoms with Gasteiger partial charge in [0.25, 0.3) is 0 Å². The van der Waals surface area contributed by atoms with E-state index < -0.39 is 33.7 Å². The molecular formula is C39H46ClFO8P2. The van der Waals surface area contributed by atoms with Crippen molar-refractivity contribution in [3.8, 4) is 11.5 Å². The standard InChI is InChI=1S/C39H46ClFO8P2/c1-5-6-7-10-28-22-37(48-50(42)44-19-17-35(46-50)29-11-8-13-31(40)24-29)39(34-21-27(4)15-16-33(34)26(2)3)38(23-28)49-51(43)45-20-18-36(47-51)30-12-9-14-32(41)25-30/h8-9,11-14,21-25,33-36H,2,5-7,10,15-20H2,1,3-4H3. The molecular weight excluding hydrogens is 713 g/mol. The molecule has 0 aromatic heterocycles. The van der Waals surface area contributed by atoms with Crippen molar-refractivity contribution in [2.45, 2.75) is 90.3 Å². The Hall–Kier alpha value is -2.74. The fraction of sp³-hybridized carbons (Fsp3) is 0.436. The van der Waals surface area contributed by atoms with Crippen LogP contribution in [0.25, 0.3) is 0 Å². The van der Waals surface area contributed by atoms with Gasteiger partial charge < -0.3 is 9.05 Å². The highest BCUT2D eigenvalue weighted by Gasteiger charge is 2.43. The molecule has 0 spiro atoms. The Kier molecular flexibility index (Phi) is 12.3. The van der Waals surface area contributed by atoms with Gasteiger partial charge in [-0.1, -0.05) is 79.4 Å². The van der Waals surface area contributed by atoms with Gasteiger partial charge in [0.2, 0.25) is 0 Å². The number of aryl methyl sites for hydroxylation is 1. The van der Waals surface area contributed by atoms with E-state index in [0.717, 1.165) is 54.4 Å². The van der Waals surface area contributed by atoms with Gasteiger partial charge in [-0.15, -0.1) is 0 Å². The lowest BCUT2D eigenvalue weighted by atomic mass is 9.73. The lowest BCUT2D eigenvalue weighted by Crippen LogP contribution is -2.21. The number of halogens is 2. The SMILES string of the molecule is C=C(C)C1CCC(C)=CC1c1c(OP2(=O)OCCC(c3cccc(F)c3)O2)cc(CCCCC)cc1OP1(=O)OCCC(c2cccc(Cl)c2)O1. The number of rotatable bonds is 12. The Balaban J connectivity index is 1.44. The topological polar surface area (TPSA) is 89.5 Å². The van der Waals surface area contributed by atoms with Crippen molar-refractivity contribution >= 4 is 27.2 Å². The van der Waals surface area contributed by atoms with Crippen molar-refractivity contribution in [3.05, 3.63) is 118 Å². The molecule has 0 amide bonds. The molecule has 1 aliphatic carbocycles. The fourth-order valence-electron chi connectivity index (χ4n) is 6.99. The summed E-state index contributed by atoms with van der Waals surface area (Å²) in [5, 5.41) is 0.536. The molecule has 2 heterocycles. The van der Waals surface area contributed by atoms with Crippen LogP contribution in [0.1, 0.15) is 106 Å². The molecule has 51 heavy (non-hydrogen) atoms. The molecule has 0 bridgehead atoms. The number of hydrogen-bond acceptors (Lipinski definition) is 8. The minimum Gasteiger partial charge on any atom is -0.404 e. The summed E-state index contributed by atoms with van der Waals surface area (Å²) < 4.78 is 79.5. The highest BCUT2D eigenvalue weighted by Crippen LogP contribution is 2.62. The molecule has 6 rings (SSSR count). The maximum Gasteiger partial charge on any atom is 0.530 e. The summed E-state index contributed by atoms with van der Waals surface area (Å²) in [7, 11) is -8.46. The zero-order chi connectivity index (χ0) is 36.2. The average Bonchev–Trinajstić information content (AvgIpc) is 3.08. The highest BCUT2D eigenvalue weighted by molar-refractivity contribution is 7.49. The maximum absolute atomic E-state index is 14.4. The molecule has 2 fully saturated rings. The number of unbranched alkanes of at least 4 members (excludes halogenated alkanes) is 2. The number of phosphoric ester groups is 2. The van der Waals surface area contributed by atoms with Gasteiger partial charge in [-0.05, 0) is 98.5 Å². The quantitative estimate of drug-likeness (QED) is 0.102. The van der Waals surface area contributed by atoms with E-state index in [-0.39, 0.29) is 36.5 Å². The number of hydrogen-bond donors (Lipinski definition) is 0. The molecule has 0 radical (unpaired) electrons. The van der Waals surface area contributed by atoms with Crippen LogP contribution in [0, 0.1) is 11.7 Å². The van der Waals surface area contributed by atoms with E-state index >= 15 is 0 Å². The monoisotopic (exact) mass is 758 g/mol. The predicted octanol–water partition coefficient (Wildman–Crippen LogP) is 12.6. The van der Waals surface area contributed by atoms with Crippen LogP contribution in [-0.4, -0.2) is 13.2 Å². The molecule has 0 saturated carbocycles. The molecule has 274 valence electrons. The van der Waals surface area contributed by atoms with Gasteiger partial charge in [0, 0.05) is 29.3 Å². The van der Waals surface area contributed by atoms with Crippen molar-refractivity contribution < 1.29 is 40.7 Å². The van der Waals surface area contributed by atoms with Crippen LogP contribution in [0.2, 0.25) is 5.02 Å². The van der Waals surface area contributed by atoms with Gasteiger partial charge in [-0.25, -0.2) is 13.5 Å². The molecule has 2 aliphatic heterocycles. The van der Waals surface area contributed by atoms with Crippen LogP contribution >= 0.6 is 27.2 Å². The van der Waals surface area contributed by atoms with E-state index in [9.17, 15) is 13.5 Å². The molecule has 3 aliphatic rings. The zero-order valence-electron chi connectivity index (χ0n) is 29.4. The number of phosphoric acid groups is 2. The molecule has 8 nitrogen and oxygen atoms in total. The first-order valence-electron chi connectivity index (χ1n) is 17.7. The smallest absolute Gasteiger partial charge is 0.404 e. The minimum atomic E-state index is -4.26. The van der Waals surface area contributed by atoms with Crippen molar-refractivity contribution in [1.82, 2.24) is 0 Å². The third-order valence-corrected chi connectivity index (χ3v) is 12.7. The second kappa shape index (κ2) is 16.5. The average molecular weight is 759 g/mol. The molecule has 12 heteroatoms. The Morgan fingerprint density at radius 1 is 0.902 bits per heavy atom. The maximum atomic E-state index is 14.4. The molecule has 6 atom stereocenters. The summed E-state index contributed by atoms with van der Waals surface area (Å²) in [6, 6.07) is 16.9. The van der Waals surface area contributed by atoms with Crippen LogP contribution < -0.4 is 9.05 Å². The van der Waals surface area contributed by atoms with Gasteiger partial charge in [-0.3, -0.25) is 18.1 Å². The normalized spacial score (nSPS) is 28.1. The first-order chi connectivity index (χ1) is 24.4. The molecule has 3 aromatic rings. The largest absolute Gasteiger partial charge is 0.530 e. The summed E-state index contributed by atoms with van der Waals surface area (Å²) in [4.78, 5) is 0.